The van der Waals surface area contributed by atoms with E-state index in [0.717, 1.165) is 19.2 Å². The molecular weight excluding hydrogens is 435 g/mol. The molecule has 3 aromatic rings. The van der Waals surface area contributed by atoms with Gasteiger partial charge in [-0.05, 0) is 17.7 Å². The molecule has 0 aliphatic rings. The number of hydrogen-bond acceptors (Lipinski definition) is 6. The molecular formula is C19H14Cl2N4O5. The zero-order chi connectivity index (χ0) is 21.8. The fourth-order valence-electron chi connectivity index (χ4n) is 2.67. The number of methoxy groups -OCH3 is 1. The number of carbonyl (C=O) groups excluding carboxylic acids is 2. The van der Waals surface area contributed by atoms with Crippen molar-refractivity contribution in [2.75, 3.05) is 12.4 Å². The number of ether oxygens (including phenoxy) is 1. The number of esters is 1. The number of halogens is 2. The zero-order valence-electron chi connectivity index (χ0n) is 15.5. The minimum absolute atomic E-state index is 0.0851. The largest absolute Gasteiger partial charge is 0.465 e. The summed E-state index contributed by atoms with van der Waals surface area (Å²) in [5, 5.41) is 18.7. The van der Waals surface area contributed by atoms with E-state index in [1.807, 2.05) is 0 Å². The molecule has 1 N–H and O–H groups in total. The van der Waals surface area contributed by atoms with Gasteiger partial charge in [0, 0.05) is 23.8 Å². The number of amides is 1. The number of benzene rings is 2. The van der Waals surface area contributed by atoms with Crippen LogP contribution in [0.25, 0.3) is 0 Å². The van der Waals surface area contributed by atoms with Crippen LogP contribution in [0.1, 0.15) is 26.3 Å². The van der Waals surface area contributed by atoms with Crippen LogP contribution in [0.3, 0.4) is 0 Å². The summed E-state index contributed by atoms with van der Waals surface area (Å²) in [5.74, 6) is -1.14. The van der Waals surface area contributed by atoms with Gasteiger partial charge in [-0.15, -0.1) is 0 Å². The first-order valence-electron chi connectivity index (χ1n) is 8.44. The third-order valence-electron chi connectivity index (χ3n) is 4.12. The second kappa shape index (κ2) is 8.93. The molecule has 0 aliphatic heterocycles. The Kier molecular flexibility index (Phi) is 6.34. The lowest BCUT2D eigenvalue weighted by atomic mass is 10.1. The summed E-state index contributed by atoms with van der Waals surface area (Å²) in [6.07, 6.45) is 1.47. The van der Waals surface area contributed by atoms with Crippen molar-refractivity contribution in [3.05, 3.63) is 85.5 Å². The van der Waals surface area contributed by atoms with Crippen molar-refractivity contribution in [3.63, 3.8) is 0 Å². The maximum atomic E-state index is 12.7. The minimum Gasteiger partial charge on any atom is -0.465 e. The second-order valence-corrected chi connectivity index (χ2v) is 6.84. The molecule has 0 fully saturated rings. The fraction of sp³-hybridized carbons (Fsp3) is 0.105. The van der Waals surface area contributed by atoms with Crippen molar-refractivity contribution in [3.8, 4) is 0 Å². The molecule has 3 rings (SSSR count). The van der Waals surface area contributed by atoms with E-state index in [9.17, 15) is 19.7 Å². The summed E-state index contributed by atoms with van der Waals surface area (Å²) in [5.41, 5.74) is 0.0724. The lowest BCUT2D eigenvalue weighted by Crippen LogP contribution is -2.17. The number of anilines is 1. The van der Waals surface area contributed by atoms with Crippen molar-refractivity contribution in [2.24, 2.45) is 0 Å². The average molecular weight is 449 g/mol. The quantitative estimate of drug-likeness (QED) is 0.343. The van der Waals surface area contributed by atoms with Gasteiger partial charge in [0.05, 0.1) is 40.4 Å². The van der Waals surface area contributed by atoms with Gasteiger partial charge in [0.1, 0.15) is 5.82 Å². The number of rotatable bonds is 6. The van der Waals surface area contributed by atoms with Gasteiger partial charge in [0.25, 0.3) is 11.6 Å². The molecule has 0 radical (unpaired) electrons. The Labute approximate surface area is 180 Å². The molecule has 0 saturated carbocycles. The topological polar surface area (TPSA) is 116 Å². The van der Waals surface area contributed by atoms with Crippen LogP contribution < -0.4 is 5.32 Å². The molecule has 9 nitrogen and oxygen atoms in total. The van der Waals surface area contributed by atoms with Crippen molar-refractivity contribution < 1.29 is 19.2 Å². The zero-order valence-corrected chi connectivity index (χ0v) is 17.0. The first-order chi connectivity index (χ1) is 14.3. The summed E-state index contributed by atoms with van der Waals surface area (Å²) in [6.45, 7) is 0.227. The number of carbonyl (C=O) groups is 2. The van der Waals surface area contributed by atoms with E-state index in [1.54, 1.807) is 24.3 Å². The summed E-state index contributed by atoms with van der Waals surface area (Å²) < 4.78 is 6.07. The van der Waals surface area contributed by atoms with Crippen LogP contribution in [-0.2, 0) is 11.3 Å². The molecule has 0 aliphatic carbocycles. The smallest absolute Gasteiger partial charge is 0.338 e. The van der Waals surface area contributed by atoms with Crippen LogP contribution in [0.5, 0.6) is 0 Å². The van der Waals surface area contributed by atoms with Crippen LogP contribution in [0, 0.1) is 10.1 Å². The Morgan fingerprint density at radius 3 is 2.63 bits per heavy atom. The number of aromatic nitrogens is 2. The minimum atomic E-state index is -0.798. The van der Waals surface area contributed by atoms with Gasteiger partial charge in [0.2, 0.25) is 0 Å². The Hall–Kier alpha value is -3.43. The maximum absolute atomic E-state index is 12.7. The summed E-state index contributed by atoms with van der Waals surface area (Å²) >= 11 is 12.2. The Morgan fingerprint density at radius 2 is 1.93 bits per heavy atom. The van der Waals surface area contributed by atoms with Gasteiger partial charge in [-0.2, -0.15) is 5.10 Å². The van der Waals surface area contributed by atoms with E-state index in [1.165, 1.54) is 16.9 Å². The fourth-order valence-corrected chi connectivity index (χ4v) is 3.05. The van der Waals surface area contributed by atoms with Crippen molar-refractivity contribution in [2.45, 2.75) is 6.54 Å². The van der Waals surface area contributed by atoms with Crippen LogP contribution in [0.4, 0.5) is 11.5 Å². The summed E-state index contributed by atoms with van der Waals surface area (Å²) in [7, 11) is 1.14. The van der Waals surface area contributed by atoms with Crippen molar-refractivity contribution >= 4 is 46.6 Å². The normalized spacial score (nSPS) is 10.5. The van der Waals surface area contributed by atoms with E-state index in [2.05, 4.69) is 15.2 Å². The van der Waals surface area contributed by atoms with Gasteiger partial charge >= 0.3 is 5.97 Å². The molecule has 0 atom stereocenters. The lowest BCUT2D eigenvalue weighted by molar-refractivity contribution is -0.384. The predicted molar refractivity (Wildman–Crippen MR) is 110 cm³/mol. The van der Waals surface area contributed by atoms with E-state index in [4.69, 9.17) is 23.2 Å². The van der Waals surface area contributed by atoms with Crippen LogP contribution in [0.15, 0.2) is 48.7 Å². The van der Waals surface area contributed by atoms with Crippen LogP contribution in [0.2, 0.25) is 10.0 Å². The third-order valence-corrected chi connectivity index (χ3v) is 4.98. The number of non-ortho nitro benzene ring substituents is 1. The highest BCUT2D eigenvalue weighted by Gasteiger charge is 2.19. The van der Waals surface area contributed by atoms with Gasteiger partial charge in [-0.1, -0.05) is 35.3 Å². The number of hydrogen-bond donors (Lipinski definition) is 1. The Balaban J connectivity index is 1.88. The number of nitro groups is 1. The number of nitrogens with one attached hydrogen (secondary N) is 1. The van der Waals surface area contributed by atoms with Crippen molar-refractivity contribution in [1.29, 1.82) is 0 Å². The second-order valence-electron chi connectivity index (χ2n) is 6.06. The molecule has 0 bridgehead atoms. The molecule has 0 saturated heterocycles. The Morgan fingerprint density at radius 1 is 1.20 bits per heavy atom. The highest BCUT2D eigenvalue weighted by atomic mass is 35.5. The molecule has 0 unspecified atom stereocenters. The standard InChI is InChI=1S/C19H14Cl2N4O5/c1-30-19(27)13-7-12(8-14(9-13)25(28)29)18(26)23-16-5-6-22-24(16)10-11-3-2-4-15(20)17(11)21/h2-9H,10H2,1H3,(H,23,26). The molecule has 1 aromatic heterocycles. The summed E-state index contributed by atoms with van der Waals surface area (Å²) in [4.78, 5) is 34.9. The molecule has 11 heteroatoms. The molecule has 1 heterocycles. The summed E-state index contributed by atoms with van der Waals surface area (Å²) in [6, 6.07) is 10.0. The van der Waals surface area contributed by atoms with Gasteiger partial charge in [-0.25, -0.2) is 9.48 Å². The first kappa shape index (κ1) is 21.3. The SMILES string of the molecule is COC(=O)c1cc(C(=O)Nc2ccnn2Cc2cccc(Cl)c2Cl)cc([N+](=O)[O-])c1. The van der Waals surface area contributed by atoms with Gasteiger partial charge in [0.15, 0.2) is 0 Å². The van der Waals surface area contributed by atoms with E-state index in [0.29, 0.717) is 21.4 Å². The van der Waals surface area contributed by atoms with Crippen molar-refractivity contribution in [1.82, 2.24) is 9.78 Å². The van der Waals surface area contributed by atoms with E-state index < -0.39 is 22.5 Å². The molecule has 30 heavy (non-hydrogen) atoms. The third kappa shape index (κ3) is 4.58. The van der Waals surface area contributed by atoms with E-state index >= 15 is 0 Å². The lowest BCUT2D eigenvalue weighted by Gasteiger charge is -2.11. The Bertz CT molecular complexity index is 1150. The van der Waals surface area contributed by atoms with Gasteiger partial charge in [-0.3, -0.25) is 14.9 Å². The van der Waals surface area contributed by atoms with Crippen LogP contribution in [-0.4, -0.2) is 33.7 Å². The monoisotopic (exact) mass is 448 g/mol. The molecule has 154 valence electrons. The molecule has 0 spiro atoms. The number of nitro benzene ring substituents is 1. The highest BCUT2D eigenvalue weighted by Crippen LogP contribution is 2.27. The van der Waals surface area contributed by atoms with Gasteiger partial charge < -0.3 is 10.1 Å². The maximum Gasteiger partial charge on any atom is 0.338 e. The van der Waals surface area contributed by atoms with E-state index in [-0.39, 0.29) is 17.7 Å². The number of nitrogens with zero attached hydrogens (tertiary/aromatic N) is 3. The average Bonchev–Trinajstić information content (AvgIpc) is 3.16. The highest BCUT2D eigenvalue weighted by molar-refractivity contribution is 6.42. The predicted octanol–water partition coefficient (Wildman–Crippen LogP) is 4.19. The molecule has 2 aromatic carbocycles. The molecule has 1 amide bonds. The van der Waals surface area contributed by atoms with Crippen LogP contribution >= 0.6 is 23.2 Å². The first-order valence-corrected chi connectivity index (χ1v) is 9.19.